The first kappa shape index (κ1) is 17.8. The number of rotatable bonds is 5. The number of amides is 1. The maximum absolute atomic E-state index is 13.2. The topological polar surface area (TPSA) is 66.9 Å². The molecule has 0 bridgehead atoms. The van der Waals surface area contributed by atoms with Crippen molar-refractivity contribution in [3.8, 4) is 0 Å². The fraction of sp³-hybridized carbons (Fsp3) is 0.0556. The standard InChI is InChI=1S/C18H13ClF2N4O/c19-12-3-1-11(2-4-12)10-23-18-22-8-7-16(25-18)17(26)24-13-5-6-14(20)15(21)9-13/h1-9H,10H2,(H,24,26)(H,22,23,25). The normalized spacial score (nSPS) is 10.4. The molecule has 0 unspecified atom stereocenters. The second-order valence-corrected chi connectivity index (χ2v) is 5.76. The average molecular weight is 375 g/mol. The Morgan fingerprint density at radius 2 is 1.81 bits per heavy atom. The van der Waals surface area contributed by atoms with Gasteiger partial charge in [-0.3, -0.25) is 4.79 Å². The number of carbonyl (C=O) groups is 1. The van der Waals surface area contributed by atoms with E-state index >= 15 is 0 Å². The summed E-state index contributed by atoms with van der Waals surface area (Å²) >= 11 is 5.84. The Morgan fingerprint density at radius 1 is 1.04 bits per heavy atom. The second kappa shape index (κ2) is 7.88. The van der Waals surface area contributed by atoms with Gasteiger partial charge >= 0.3 is 0 Å². The SMILES string of the molecule is O=C(Nc1ccc(F)c(F)c1)c1ccnc(NCc2ccc(Cl)cc2)n1. The van der Waals surface area contributed by atoms with Crippen LogP contribution in [0, 0.1) is 11.6 Å². The van der Waals surface area contributed by atoms with Crippen LogP contribution in [0.2, 0.25) is 5.02 Å². The molecule has 0 aliphatic carbocycles. The summed E-state index contributed by atoms with van der Waals surface area (Å²) in [6.45, 7) is 0.450. The van der Waals surface area contributed by atoms with Gasteiger partial charge in [-0.25, -0.2) is 18.7 Å². The molecule has 0 radical (unpaired) electrons. The number of halogens is 3. The number of nitrogens with one attached hydrogen (secondary N) is 2. The number of nitrogens with zero attached hydrogens (tertiary/aromatic N) is 2. The molecule has 132 valence electrons. The molecular formula is C18H13ClF2N4O. The Bertz CT molecular complexity index is 935. The molecule has 26 heavy (non-hydrogen) atoms. The molecule has 3 rings (SSSR count). The van der Waals surface area contributed by atoms with Crippen molar-refractivity contribution in [2.75, 3.05) is 10.6 Å². The molecule has 5 nitrogen and oxygen atoms in total. The Kier molecular flexibility index (Phi) is 5.38. The van der Waals surface area contributed by atoms with Gasteiger partial charge in [-0.2, -0.15) is 0 Å². The van der Waals surface area contributed by atoms with E-state index in [0.29, 0.717) is 11.6 Å². The molecule has 0 saturated heterocycles. The Morgan fingerprint density at radius 3 is 2.54 bits per heavy atom. The van der Waals surface area contributed by atoms with Crippen LogP contribution in [-0.2, 0) is 6.54 Å². The van der Waals surface area contributed by atoms with E-state index in [0.717, 1.165) is 17.7 Å². The highest BCUT2D eigenvalue weighted by Crippen LogP contribution is 2.14. The molecule has 0 atom stereocenters. The second-order valence-electron chi connectivity index (χ2n) is 5.33. The van der Waals surface area contributed by atoms with Crippen molar-refractivity contribution in [1.29, 1.82) is 0 Å². The zero-order chi connectivity index (χ0) is 18.5. The molecule has 0 saturated carbocycles. The predicted octanol–water partition coefficient (Wildman–Crippen LogP) is 4.27. The van der Waals surface area contributed by atoms with Gasteiger partial charge in [0.05, 0.1) is 0 Å². The van der Waals surface area contributed by atoms with Crippen molar-refractivity contribution < 1.29 is 13.6 Å². The molecule has 1 amide bonds. The average Bonchev–Trinajstić information content (AvgIpc) is 2.64. The maximum atomic E-state index is 13.2. The molecule has 2 N–H and O–H groups in total. The number of hydrogen-bond acceptors (Lipinski definition) is 4. The molecule has 0 aliphatic heterocycles. The lowest BCUT2D eigenvalue weighted by atomic mass is 10.2. The third-order valence-electron chi connectivity index (χ3n) is 3.43. The lowest BCUT2D eigenvalue weighted by Gasteiger charge is -2.08. The molecule has 1 heterocycles. The van der Waals surface area contributed by atoms with Crippen molar-refractivity contribution in [1.82, 2.24) is 9.97 Å². The van der Waals surface area contributed by atoms with Crippen LogP contribution in [0.3, 0.4) is 0 Å². The lowest BCUT2D eigenvalue weighted by molar-refractivity contribution is 0.102. The highest BCUT2D eigenvalue weighted by atomic mass is 35.5. The third-order valence-corrected chi connectivity index (χ3v) is 3.68. The van der Waals surface area contributed by atoms with E-state index in [2.05, 4.69) is 20.6 Å². The Labute approximate surface area is 153 Å². The van der Waals surface area contributed by atoms with Crippen LogP contribution < -0.4 is 10.6 Å². The fourth-order valence-electron chi connectivity index (χ4n) is 2.12. The lowest BCUT2D eigenvalue weighted by Crippen LogP contribution is -2.15. The highest BCUT2D eigenvalue weighted by molar-refractivity contribution is 6.30. The minimum absolute atomic E-state index is 0.0864. The van der Waals surface area contributed by atoms with Gasteiger partial charge in [0.1, 0.15) is 5.69 Å². The number of benzene rings is 2. The van der Waals surface area contributed by atoms with Crippen molar-refractivity contribution >= 4 is 29.1 Å². The minimum atomic E-state index is -1.05. The van der Waals surface area contributed by atoms with Crippen LogP contribution in [0.15, 0.2) is 54.7 Å². The summed E-state index contributed by atoms with van der Waals surface area (Å²) in [5.74, 6) is -2.33. The van der Waals surface area contributed by atoms with Gasteiger partial charge in [-0.1, -0.05) is 23.7 Å². The summed E-state index contributed by atoms with van der Waals surface area (Å²) < 4.78 is 26.1. The fourth-order valence-corrected chi connectivity index (χ4v) is 2.25. The van der Waals surface area contributed by atoms with Gasteiger partial charge in [0, 0.05) is 29.5 Å². The van der Waals surface area contributed by atoms with Crippen LogP contribution in [-0.4, -0.2) is 15.9 Å². The molecular weight excluding hydrogens is 362 g/mol. The molecule has 0 spiro atoms. The molecule has 2 aromatic carbocycles. The van der Waals surface area contributed by atoms with E-state index in [4.69, 9.17) is 11.6 Å². The number of carbonyl (C=O) groups excluding carboxylic acids is 1. The van der Waals surface area contributed by atoms with E-state index < -0.39 is 17.5 Å². The Balaban J connectivity index is 1.66. The van der Waals surface area contributed by atoms with E-state index in [9.17, 15) is 13.6 Å². The van der Waals surface area contributed by atoms with E-state index in [-0.39, 0.29) is 17.3 Å². The third kappa shape index (κ3) is 4.52. The predicted molar refractivity (Wildman–Crippen MR) is 95.1 cm³/mol. The number of hydrogen-bond donors (Lipinski definition) is 2. The van der Waals surface area contributed by atoms with Crippen molar-refractivity contribution in [2.45, 2.75) is 6.54 Å². The molecule has 0 fully saturated rings. The first-order valence-corrected chi connectivity index (χ1v) is 7.97. The van der Waals surface area contributed by atoms with Crippen LogP contribution in [0.25, 0.3) is 0 Å². The van der Waals surface area contributed by atoms with Gasteiger partial charge in [0.15, 0.2) is 11.6 Å². The largest absolute Gasteiger partial charge is 0.350 e. The summed E-state index contributed by atoms with van der Waals surface area (Å²) in [5.41, 5.74) is 1.18. The smallest absolute Gasteiger partial charge is 0.274 e. The quantitative estimate of drug-likeness (QED) is 0.699. The number of anilines is 2. The van der Waals surface area contributed by atoms with Crippen LogP contribution in [0.4, 0.5) is 20.4 Å². The summed E-state index contributed by atoms with van der Waals surface area (Å²) in [4.78, 5) is 20.4. The summed E-state index contributed by atoms with van der Waals surface area (Å²) in [6.07, 6.45) is 1.43. The maximum Gasteiger partial charge on any atom is 0.274 e. The summed E-state index contributed by atoms with van der Waals surface area (Å²) in [5, 5.41) is 6.10. The molecule has 3 aromatic rings. The van der Waals surface area contributed by atoms with Crippen LogP contribution >= 0.6 is 11.6 Å². The van der Waals surface area contributed by atoms with Crippen molar-refractivity contribution in [3.05, 3.63) is 82.6 Å². The summed E-state index contributed by atoms with van der Waals surface area (Å²) in [6, 6.07) is 11.8. The summed E-state index contributed by atoms with van der Waals surface area (Å²) in [7, 11) is 0. The van der Waals surface area contributed by atoms with Gasteiger partial charge in [-0.05, 0) is 35.9 Å². The van der Waals surface area contributed by atoms with E-state index in [1.807, 2.05) is 12.1 Å². The molecule has 1 aromatic heterocycles. The molecule has 8 heteroatoms. The van der Waals surface area contributed by atoms with Crippen LogP contribution in [0.5, 0.6) is 0 Å². The first-order valence-electron chi connectivity index (χ1n) is 7.59. The monoisotopic (exact) mass is 374 g/mol. The minimum Gasteiger partial charge on any atom is -0.350 e. The van der Waals surface area contributed by atoms with E-state index in [1.54, 1.807) is 12.1 Å². The van der Waals surface area contributed by atoms with Gasteiger partial charge in [0.25, 0.3) is 5.91 Å². The first-order chi connectivity index (χ1) is 12.5. The Hall–Kier alpha value is -3.06. The van der Waals surface area contributed by atoms with E-state index in [1.165, 1.54) is 18.3 Å². The zero-order valence-corrected chi connectivity index (χ0v) is 14.1. The molecule has 0 aliphatic rings. The van der Waals surface area contributed by atoms with Gasteiger partial charge in [0.2, 0.25) is 5.95 Å². The van der Waals surface area contributed by atoms with Gasteiger partial charge in [-0.15, -0.1) is 0 Å². The highest BCUT2D eigenvalue weighted by Gasteiger charge is 2.11. The van der Waals surface area contributed by atoms with Crippen molar-refractivity contribution in [3.63, 3.8) is 0 Å². The van der Waals surface area contributed by atoms with Crippen molar-refractivity contribution in [2.24, 2.45) is 0 Å². The number of aromatic nitrogens is 2. The van der Waals surface area contributed by atoms with Gasteiger partial charge < -0.3 is 10.6 Å². The van der Waals surface area contributed by atoms with Crippen LogP contribution in [0.1, 0.15) is 16.1 Å². The zero-order valence-electron chi connectivity index (χ0n) is 13.3.